The number of ether oxygens (including phenoxy) is 2. The van der Waals surface area contributed by atoms with E-state index in [0.717, 1.165) is 51.9 Å². The van der Waals surface area contributed by atoms with Gasteiger partial charge in [0, 0.05) is 17.5 Å². The van der Waals surface area contributed by atoms with Crippen molar-refractivity contribution in [2.24, 2.45) is 5.92 Å². The lowest BCUT2D eigenvalue weighted by Crippen LogP contribution is -1.99. The highest BCUT2D eigenvalue weighted by molar-refractivity contribution is 6.42. The van der Waals surface area contributed by atoms with Crippen LogP contribution in [0.25, 0.3) is 11.1 Å². The molecule has 1 aliphatic heterocycles. The Morgan fingerprint density at radius 3 is 2.59 bits per heavy atom. The molecule has 0 N–H and O–H groups in total. The molecule has 5 rings (SSSR count). The molecule has 2 aromatic carbocycles. The van der Waals surface area contributed by atoms with Crippen LogP contribution in [0.1, 0.15) is 29.7 Å². The predicted molar refractivity (Wildman–Crippen MR) is 105 cm³/mol. The van der Waals surface area contributed by atoms with E-state index in [9.17, 15) is 0 Å². The van der Waals surface area contributed by atoms with Crippen molar-refractivity contribution < 1.29 is 13.9 Å². The van der Waals surface area contributed by atoms with Crippen LogP contribution in [0.2, 0.25) is 10.0 Å². The van der Waals surface area contributed by atoms with E-state index in [0.29, 0.717) is 16.5 Å². The fourth-order valence-electron chi connectivity index (χ4n) is 3.56. The van der Waals surface area contributed by atoms with E-state index < -0.39 is 0 Å². The van der Waals surface area contributed by atoms with E-state index in [1.54, 1.807) is 12.3 Å². The zero-order valence-electron chi connectivity index (χ0n) is 14.6. The summed E-state index contributed by atoms with van der Waals surface area (Å²) in [6, 6.07) is 13.1. The fourth-order valence-corrected chi connectivity index (χ4v) is 3.86. The van der Waals surface area contributed by atoms with Crippen LogP contribution in [0.3, 0.4) is 0 Å². The molecule has 2 heterocycles. The second kappa shape index (κ2) is 6.81. The molecule has 0 unspecified atom stereocenters. The topological polar surface area (TPSA) is 31.6 Å². The van der Waals surface area contributed by atoms with Crippen molar-refractivity contribution in [3.63, 3.8) is 0 Å². The maximum Gasteiger partial charge on any atom is 0.231 e. The van der Waals surface area contributed by atoms with Gasteiger partial charge in [-0.2, -0.15) is 0 Å². The predicted octanol–water partition coefficient (Wildman–Crippen LogP) is 6.33. The average molecular weight is 400 g/mol. The number of furan rings is 1. The average Bonchev–Trinajstić information content (AvgIpc) is 3.11. The molecule has 5 heteroatoms. The maximum atomic E-state index is 6.29. The Kier molecular flexibility index (Phi) is 4.30. The highest BCUT2D eigenvalue weighted by Crippen LogP contribution is 2.49. The van der Waals surface area contributed by atoms with Crippen LogP contribution < -0.4 is 9.47 Å². The van der Waals surface area contributed by atoms with Gasteiger partial charge in [-0.3, -0.25) is 0 Å². The molecular weight excluding hydrogens is 383 g/mol. The van der Waals surface area contributed by atoms with Gasteiger partial charge in [-0.25, -0.2) is 0 Å². The third-order valence-corrected chi connectivity index (χ3v) is 5.79. The Labute approximate surface area is 167 Å². The Hall–Kier alpha value is -2.10. The Balaban J connectivity index is 1.68. The maximum absolute atomic E-state index is 6.29. The number of rotatable bonds is 5. The zero-order chi connectivity index (χ0) is 18.4. The van der Waals surface area contributed by atoms with Gasteiger partial charge in [-0.15, -0.1) is 0 Å². The largest absolute Gasteiger partial charge is 0.469 e. The van der Waals surface area contributed by atoms with E-state index in [1.807, 2.05) is 24.3 Å². The molecule has 3 aromatic rings. The van der Waals surface area contributed by atoms with Gasteiger partial charge >= 0.3 is 0 Å². The van der Waals surface area contributed by atoms with Crippen LogP contribution in [0.4, 0.5) is 0 Å². The van der Waals surface area contributed by atoms with Crippen molar-refractivity contribution in [2.45, 2.75) is 25.7 Å². The summed E-state index contributed by atoms with van der Waals surface area (Å²) >= 11 is 12.4. The number of halogens is 2. The third kappa shape index (κ3) is 3.30. The second-order valence-corrected chi connectivity index (χ2v) is 7.87. The first-order valence-corrected chi connectivity index (χ1v) is 9.79. The lowest BCUT2D eigenvalue weighted by Gasteiger charge is -2.16. The van der Waals surface area contributed by atoms with Gasteiger partial charge in [0.25, 0.3) is 0 Å². The molecule has 0 bridgehead atoms. The van der Waals surface area contributed by atoms with Crippen LogP contribution in [-0.2, 0) is 12.8 Å². The van der Waals surface area contributed by atoms with Crippen LogP contribution in [0.5, 0.6) is 11.5 Å². The fraction of sp³-hybridized carbons (Fsp3) is 0.273. The quantitative estimate of drug-likeness (QED) is 0.502. The third-order valence-electron chi connectivity index (χ3n) is 5.05. The summed E-state index contributed by atoms with van der Waals surface area (Å²) < 4.78 is 17.3. The molecule has 0 amide bonds. The van der Waals surface area contributed by atoms with Crippen molar-refractivity contribution in [1.29, 1.82) is 0 Å². The summed E-state index contributed by atoms with van der Waals surface area (Å²) in [5.41, 5.74) is 3.98. The van der Waals surface area contributed by atoms with Crippen LogP contribution >= 0.6 is 23.2 Å². The number of hydrogen-bond acceptors (Lipinski definition) is 3. The van der Waals surface area contributed by atoms with Crippen LogP contribution in [0, 0.1) is 12.0 Å². The van der Waals surface area contributed by atoms with Gasteiger partial charge < -0.3 is 13.9 Å². The SMILES string of the molecule is Clc1ccc(-c2c(Cc3ccco3)[c]c(CC3CC3)c3c2OCO3)cc1Cl. The first-order valence-electron chi connectivity index (χ1n) is 9.03. The van der Waals surface area contributed by atoms with Crippen molar-refractivity contribution in [3.05, 3.63) is 69.6 Å². The molecule has 1 saturated carbocycles. The number of fused-ring (bicyclic) bond motifs is 1. The summed E-state index contributed by atoms with van der Waals surface area (Å²) in [5.74, 6) is 3.18. The van der Waals surface area contributed by atoms with E-state index >= 15 is 0 Å². The van der Waals surface area contributed by atoms with E-state index in [1.165, 1.54) is 12.8 Å². The zero-order valence-corrected chi connectivity index (χ0v) is 16.1. The van der Waals surface area contributed by atoms with Crippen molar-refractivity contribution in [2.75, 3.05) is 6.79 Å². The molecule has 1 aromatic heterocycles. The smallest absolute Gasteiger partial charge is 0.231 e. The number of hydrogen-bond donors (Lipinski definition) is 0. The molecule has 2 aliphatic rings. The molecule has 0 spiro atoms. The molecule has 137 valence electrons. The lowest BCUT2D eigenvalue weighted by atomic mass is 9.91. The van der Waals surface area contributed by atoms with Gasteiger partial charge in [0.15, 0.2) is 11.5 Å². The van der Waals surface area contributed by atoms with Crippen molar-refractivity contribution in [1.82, 2.24) is 0 Å². The molecule has 0 saturated heterocycles. The highest BCUT2D eigenvalue weighted by atomic mass is 35.5. The highest BCUT2D eigenvalue weighted by Gasteiger charge is 2.30. The van der Waals surface area contributed by atoms with E-state index in [4.69, 9.17) is 37.1 Å². The van der Waals surface area contributed by atoms with Gasteiger partial charge in [0.2, 0.25) is 6.79 Å². The Bertz CT molecular complexity index is 991. The monoisotopic (exact) mass is 399 g/mol. The summed E-state index contributed by atoms with van der Waals surface area (Å²) in [5, 5.41) is 1.03. The van der Waals surface area contributed by atoms with Crippen molar-refractivity contribution in [3.8, 4) is 22.6 Å². The van der Waals surface area contributed by atoms with Crippen LogP contribution in [-0.4, -0.2) is 6.79 Å². The summed E-state index contributed by atoms with van der Waals surface area (Å²) in [4.78, 5) is 0. The molecule has 27 heavy (non-hydrogen) atoms. The minimum Gasteiger partial charge on any atom is -0.469 e. The van der Waals surface area contributed by atoms with Gasteiger partial charge in [0.05, 0.1) is 16.3 Å². The summed E-state index contributed by atoms with van der Waals surface area (Å²) in [6.07, 6.45) is 5.82. The van der Waals surface area contributed by atoms with E-state index in [2.05, 4.69) is 6.07 Å². The molecular formula is C22H17Cl2O3. The molecule has 1 fully saturated rings. The summed E-state index contributed by atoms with van der Waals surface area (Å²) in [7, 11) is 0. The molecule has 1 radical (unpaired) electrons. The second-order valence-electron chi connectivity index (χ2n) is 7.05. The Morgan fingerprint density at radius 1 is 1.00 bits per heavy atom. The van der Waals surface area contributed by atoms with Gasteiger partial charge in [-0.05, 0) is 66.6 Å². The first kappa shape index (κ1) is 17.0. The van der Waals surface area contributed by atoms with Gasteiger partial charge in [0.1, 0.15) is 5.76 Å². The van der Waals surface area contributed by atoms with E-state index in [-0.39, 0.29) is 6.79 Å². The van der Waals surface area contributed by atoms with Crippen LogP contribution in [0.15, 0.2) is 41.0 Å². The minimum atomic E-state index is 0.222. The number of benzene rings is 2. The lowest BCUT2D eigenvalue weighted by molar-refractivity contribution is 0.173. The van der Waals surface area contributed by atoms with Crippen molar-refractivity contribution >= 4 is 23.2 Å². The molecule has 0 atom stereocenters. The normalized spacial score (nSPS) is 15.3. The molecule has 1 aliphatic carbocycles. The molecule has 3 nitrogen and oxygen atoms in total. The minimum absolute atomic E-state index is 0.222. The standard InChI is InChI=1S/C22H17Cl2O3/c23-18-6-5-14(11-19(18)24)20-15(10-17-2-1-7-25-17)9-16(8-13-3-4-13)21-22(20)27-12-26-21/h1-2,5-7,11,13H,3-4,8,10,12H2. The van der Waals surface area contributed by atoms with Gasteiger partial charge in [-0.1, -0.05) is 29.3 Å². The Morgan fingerprint density at radius 2 is 1.85 bits per heavy atom. The summed E-state index contributed by atoms with van der Waals surface area (Å²) in [6.45, 7) is 0.222. The first-order chi connectivity index (χ1) is 13.2.